The number of amides is 1. The van der Waals surface area contributed by atoms with Gasteiger partial charge in [-0.1, -0.05) is 25.1 Å². The number of halogens is 1. The summed E-state index contributed by atoms with van der Waals surface area (Å²) >= 11 is 0. The molecule has 1 fully saturated rings. The number of hydrogen-bond donors (Lipinski definition) is 4. The van der Waals surface area contributed by atoms with Gasteiger partial charge in [-0.2, -0.15) is 17.4 Å². The molecule has 3 rings (SSSR count). The van der Waals surface area contributed by atoms with E-state index in [0.717, 1.165) is 0 Å². The number of aromatic hydroxyl groups is 1. The van der Waals surface area contributed by atoms with Crippen LogP contribution < -0.4 is 14.8 Å². The minimum absolute atomic E-state index is 0.0109. The Labute approximate surface area is 205 Å². The highest BCUT2D eigenvalue weighted by atomic mass is 32.2. The Morgan fingerprint density at radius 2 is 1.91 bits per heavy atom. The Hall–Kier alpha value is -2.73. The lowest BCUT2D eigenvalue weighted by Crippen LogP contribution is -2.54. The van der Waals surface area contributed by atoms with Crippen LogP contribution in [0.4, 0.5) is 4.39 Å². The highest BCUT2D eigenvalue weighted by Crippen LogP contribution is 2.37. The lowest BCUT2D eigenvalue weighted by molar-refractivity contribution is 0.0927. The van der Waals surface area contributed by atoms with E-state index < -0.39 is 33.4 Å². The van der Waals surface area contributed by atoms with Gasteiger partial charge < -0.3 is 20.3 Å². The molecule has 1 amide bonds. The summed E-state index contributed by atoms with van der Waals surface area (Å²) in [5.41, 5.74) is -0.0974. The van der Waals surface area contributed by atoms with Crippen molar-refractivity contribution >= 4 is 16.1 Å². The van der Waals surface area contributed by atoms with Gasteiger partial charge in [0.25, 0.3) is 16.1 Å². The first-order chi connectivity index (χ1) is 16.7. The molecule has 1 unspecified atom stereocenters. The monoisotopic (exact) mass is 509 g/mol. The number of carbonyl (C=O) groups is 1. The van der Waals surface area contributed by atoms with Gasteiger partial charge in [0, 0.05) is 31.1 Å². The van der Waals surface area contributed by atoms with E-state index in [9.17, 15) is 27.8 Å². The lowest BCUT2D eigenvalue weighted by atomic mass is 9.73. The minimum atomic E-state index is -3.82. The number of rotatable bonds is 10. The topological polar surface area (TPSA) is 128 Å². The van der Waals surface area contributed by atoms with Crippen LogP contribution in [0.3, 0.4) is 0 Å². The van der Waals surface area contributed by atoms with E-state index >= 15 is 0 Å². The highest BCUT2D eigenvalue weighted by Gasteiger charge is 2.40. The molecule has 1 aliphatic rings. The first-order valence-corrected chi connectivity index (χ1v) is 12.9. The number of benzene rings is 2. The van der Waals surface area contributed by atoms with Crippen LogP contribution in [0, 0.1) is 5.82 Å². The van der Waals surface area contributed by atoms with Gasteiger partial charge in [0.2, 0.25) is 0 Å². The van der Waals surface area contributed by atoms with E-state index in [1.54, 1.807) is 31.2 Å². The largest absolute Gasteiger partial charge is 0.507 e. The van der Waals surface area contributed by atoms with Gasteiger partial charge in [-0.05, 0) is 49.1 Å². The van der Waals surface area contributed by atoms with Gasteiger partial charge in [0.05, 0.1) is 13.7 Å². The quantitative estimate of drug-likeness (QED) is 0.387. The normalized spacial score (nSPS) is 17.0. The third kappa shape index (κ3) is 6.10. The minimum Gasteiger partial charge on any atom is -0.507 e. The van der Waals surface area contributed by atoms with Gasteiger partial charge in [-0.3, -0.25) is 4.79 Å². The number of methoxy groups -OCH3 is 1. The predicted octanol–water partition coefficient (Wildman–Crippen LogP) is 1.91. The van der Waals surface area contributed by atoms with Crippen molar-refractivity contribution in [3.63, 3.8) is 0 Å². The molecular formula is C24H32FN3O6S. The van der Waals surface area contributed by atoms with E-state index in [2.05, 4.69) is 10.0 Å². The maximum atomic E-state index is 14.1. The number of phenolic OH excluding ortho intramolecular Hbond substituents is 1. The van der Waals surface area contributed by atoms with Crippen molar-refractivity contribution < 1.29 is 32.6 Å². The van der Waals surface area contributed by atoms with Crippen molar-refractivity contribution in [2.75, 3.05) is 33.4 Å². The van der Waals surface area contributed by atoms with E-state index in [1.165, 1.54) is 29.6 Å². The van der Waals surface area contributed by atoms with Crippen LogP contribution in [0.2, 0.25) is 0 Å². The Kier molecular flexibility index (Phi) is 8.70. The summed E-state index contributed by atoms with van der Waals surface area (Å²) in [4.78, 5) is 13.0. The van der Waals surface area contributed by atoms with Crippen LogP contribution in [0.1, 0.15) is 42.1 Å². The predicted molar refractivity (Wildman–Crippen MR) is 129 cm³/mol. The maximum Gasteiger partial charge on any atom is 0.279 e. The fourth-order valence-electron chi connectivity index (χ4n) is 4.33. The summed E-state index contributed by atoms with van der Waals surface area (Å²) in [6, 6.07) is 9.98. The molecule has 0 aliphatic carbocycles. The number of nitrogens with one attached hydrogen (secondary N) is 2. The second kappa shape index (κ2) is 11.3. The van der Waals surface area contributed by atoms with Crippen molar-refractivity contribution in [3.05, 3.63) is 59.4 Å². The maximum absolute atomic E-state index is 14.1. The van der Waals surface area contributed by atoms with E-state index in [-0.39, 0.29) is 43.3 Å². The molecule has 0 aromatic heterocycles. The molecule has 1 saturated heterocycles. The molecule has 2 aromatic carbocycles. The van der Waals surface area contributed by atoms with Crippen LogP contribution in [0.5, 0.6) is 11.5 Å². The highest BCUT2D eigenvalue weighted by molar-refractivity contribution is 7.87. The number of ether oxygens (including phenoxy) is 1. The number of piperidine rings is 1. The van der Waals surface area contributed by atoms with Gasteiger partial charge in [0.1, 0.15) is 22.9 Å². The van der Waals surface area contributed by atoms with Crippen molar-refractivity contribution in [1.82, 2.24) is 14.3 Å². The van der Waals surface area contributed by atoms with Crippen LogP contribution in [-0.4, -0.2) is 68.2 Å². The van der Waals surface area contributed by atoms with Crippen LogP contribution in [0.15, 0.2) is 42.5 Å². The zero-order valence-electron chi connectivity index (χ0n) is 19.8. The number of nitrogens with zero attached hydrogens (tertiary/aromatic N) is 1. The molecule has 11 heteroatoms. The first-order valence-electron chi connectivity index (χ1n) is 11.4. The molecule has 4 N–H and O–H groups in total. The van der Waals surface area contributed by atoms with Crippen molar-refractivity contribution in [3.8, 4) is 11.5 Å². The molecule has 0 spiro atoms. The average Bonchev–Trinajstić information content (AvgIpc) is 2.85. The van der Waals surface area contributed by atoms with Crippen molar-refractivity contribution in [2.45, 2.75) is 37.6 Å². The molecule has 0 bridgehead atoms. The number of phenols is 1. The average molecular weight is 510 g/mol. The van der Waals surface area contributed by atoms with Crippen LogP contribution in [-0.2, 0) is 15.6 Å². The molecule has 192 valence electrons. The summed E-state index contributed by atoms with van der Waals surface area (Å²) in [7, 11) is -2.43. The number of aliphatic hydroxyl groups is 1. The van der Waals surface area contributed by atoms with Gasteiger partial charge in [0.15, 0.2) is 0 Å². The SMILES string of the molecule is CCC(CO)NS(=O)(=O)N1CCC(CNC(=O)c2c(O)cccc2OC)(c2cccc(F)c2)CC1. The standard InChI is InChI=1S/C24H32FN3O6S/c1-3-19(15-29)27-35(32,33)28-12-10-24(11-13-28,17-6-4-7-18(25)14-17)16-26-23(31)22-20(30)8-5-9-21(22)34-2/h4-9,14,19,27,29-30H,3,10-13,15-16H2,1-2H3,(H,26,31). The van der Waals surface area contributed by atoms with E-state index in [0.29, 0.717) is 24.8 Å². The van der Waals surface area contributed by atoms with E-state index in [4.69, 9.17) is 4.74 Å². The smallest absolute Gasteiger partial charge is 0.279 e. The third-order valence-corrected chi connectivity index (χ3v) is 8.20. The Morgan fingerprint density at radius 3 is 2.51 bits per heavy atom. The molecule has 1 atom stereocenters. The molecule has 1 aliphatic heterocycles. The molecule has 1 heterocycles. The van der Waals surface area contributed by atoms with Gasteiger partial charge in [-0.15, -0.1) is 0 Å². The third-order valence-electron chi connectivity index (χ3n) is 6.52. The number of carbonyl (C=O) groups excluding carboxylic acids is 1. The summed E-state index contributed by atoms with van der Waals surface area (Å²) < 4.78 is 48.7. The number of hydrogen-bond acceptors (Lipinski definition) is 6. The Balaban J connectivity index is 1.83. The summed E-state index contributed by atoms with van der Waals surface area (Å²) in [5.74, 6) is -1.01. The molecule has 9 nitrogen and oxygen atoms in total. The summed E-state index contributed by atoms with van der Waals surface area (Å²) in [6.07, 6.45) is 1.09. The lowest BCUT2D eigenvalue weighted by Gasteiger charge is -2.42. The Bertz CT molecular complexity index is 1130. The second-order valence-corrected chi connectivity index (χ2v) is 10.3. The van der Waals surface area contributed by atoms with Crippen LogP contribution >= 0.6 is 0 Å². The van der Waals surface area contributed by atoms with E-state index in [1.807, 2.05) is 0 Å². The van der Waals surface area contributed by atoms with Gasteiger partial charge in [-0.25, -0.2) is 4.39 Å². The fourth-order valence-corrected chi connectivity index (χ4v) is 5.81. The van der Waals surface area contributed by atoms with Crippen LogP contribution in [0.25, 0.3) is 0 Å². The summed E-state index contributed by atoms with van der Waals surface area (Å²) in [6.45, 7) is 1.85. The molecule has 0 saturated carbocycles. The van der Waals surface area contributed by atoms with Crippen molar-refractivity contribution in [1.29, 1.82) is 0 Å². The second-order valence-electron chi connectivity index (χ2n) is 8.64. The first kappa shape index (κ1) is 26.9. The van der Waals surface area contributed by atoms with Crippen molar-refractivity contribution in [2.24, 2.45) is 0 Å². The number of aliphatic hydroxyl groups excluding tert-OH is 1. The molecule has 35 heavy (non-hydrogen) atoms. The molecule has 0 radical (unpaired) electrons. The molecule has 2 aromatic rings. The van der Waals surface area contributed by atoms with Gasteiger partial charge >= 0.3 is 0 Å². The Morgan fingerprint density at radius 1 is 1.23 bits per heavy atom. The zero-order chi connectivity index (χ0) is 25.6. The molecular weight excluding hydrogens is 477 g/mol. The zero-order valence-corrected chi connectivity index (χ0v) is 20.6. The fraction of sp³-hybridized carbons (Fsp3) is 0.458. The summed E-state index contributed by atoms with van der Waals surface area (Å²) in [5, 5.41) is 22.4.